The van der Waals surface area contributed by atoms with Crippen molar-refractivity contribution >= 4 is 23.9 Å². The van der Waals surface area contributed by atoms with Gasteiger partial charge in [0.2, 0.25) is 5.91 Å². The second-order valence-corrected chi connectivity index (χ2v) is 6.59. The van der Waals surface area contributed by atoms with E-state index in [-0.39, 0.29) is 18.3 Å². The molecular formula is C17H24N4O5. The highest BCUT2D eigenvalue weighted by atomic mass is 16.6. The molecule has 1 rings (SSSR count). The number of amidine groups is 1. The molecule has 9 nitrogen and oxygen atoms in total. The van der Waals surface area contributed by atoms with E-state index in [0.29, 0.717) is 5.56 Å². The molecule has 3 amide bonds. The topological polar surface area (TPSA) is 141 Å². The van der Waals surface area contributed by atoms with Crippen LogP contribution in [-0.2, 0) is 16.1 Å². The van der Waals surface area contributed by atoms with Gasteiger partial charge in [0.05, 0.1) is 0 Å². The summed E-state index contributed by atoms with van der Waals surface area (Å²) in [7, 11) is 0. The first-order chi connectivity index (χ1) is 12.0. The second kappa shape index (κ2) is 8.84. The molecule has 0 heterocycles. The molecule has 26 heavy (non-hydrogen) atoms. The highest BCUT2D eigenvalue weighted by molar-refractivity contribution is 6.04. The van der Waals surface area contributed by atoms with Gasteiger partial charge in [-0.2, -0.15) is 0 Å². The van der Waals surface area contributed by atoms with E-state index in [1.54, 1.807) is 52.0 Å². The Labute approximate surface area is 151 Å². The first kappa shape index (κ1) is 20.9. The van der Waals surface area contributed by atoms with Crippen LogP contribution in [0.4, 0.5) is 9.59 Å². The van der Waals surface area contributed by atoms with Crippen molar-refractivity contribution in [3.63, 3.8) is 0 Å². The predicted octanol–water partition coefficient (Wildman–Crippen LogP) is 1.81. The quantitative estimate of drug-likeness (QED) is 0.400. The number of carbonyl (C=O) groups is 3. The molecule has 1 atom stereocenters. The summed E-state index contributed by atoms with van der Waals surface area (Å²) in [4.78, 5) is 34.2. The van der Waals surface area contributed by atoms with Gasteiger partial charge in [-0.15, -0.1) is 0 Å². The molecule has 0 radical (unpaired) electrons. The number of hydrogen-bond acceptors (Lipinski definition) is 5. The average Bonchev–Trinajstić information content (AvgIpc) is 2.50. The molecule has 0 aliphatic rings. The van der Waals surface area contributed by atoms with Gasteiger partial charge in [0.1, 0.15) is 17.5 Å². The normalized spacial score (nSPS) is 11.8. The molecule has 1 aromatic carbocycles. The zero-order chi connectivity index (χ0) is 19.9. The minimum atomic E-state index is -1.31. The van der Waals surface area contributed by atoms with Crippen LogP contribution in [0.1, 0.15) is 38.8 Å². The van der Waals surface area contributed by atoms with Gasteiger partial charge >= 0.3 is 12.2 Å². The number of carboxylic acid groups (broad SMARTS) is 1. The van der Waals surface area contributed by atoms with Gasteiger partial charge in [0.25, 0.3) is 0 Å². The lowest BCUT2D eigenvalue weighted by Gasteiger charge is -2.21. The van der Waals surface area contributed by atoms with Gasteiger partial charge in [0.15, 0.2) is 0 Å². The maximum atomic E-state index is 12.0. The lowest BCUT2D eigenvalue weighted by atomic mass is 10.1. The van der Waals surface area contributed by atoms with Gasteiger partial charge in [0, 0.05) is 12.1 Å². The zero-order valence-corrected chi connectivity index (χ0v) is 15.2. The van der Waals surface area contributed by atoms with E-state index >= 15 is 0 Å². The molecule has 0 fully saturated rings. The van der Waals surface area contributed by atoms with E-state index in [0.717, 1.165) is 5.56 Å². The van der Waals surface area contributed by atoms with Gasteiger partial charge < -0.3 is 20.5 Å². The van der Waals surface area contributed by atoms with Gasteiger partial charge in [-0.3, -0.25) is 15.5 Å². The number of ether oxygens (including phenoxy) is 1. The van der Waals surface area contributed by atoms with Crippen LogP contribution in [-0.4, -0.2) is 40.7 Å². The Morgan fingerprint density at radius 1 is 1.19 bits per heavy atom. The molecule has 0 aliphatic carbocycles. The van der Waals surface area contributed by atoms with Crippen LogP contribution in [0.5, 0.6) is 0 Å². The molecule has 0 aliphatic heterocycles. The van der Waals surface area contributed by atoms with E-state index in [4.69, 9.17) is 15.3 Å². The van der Waals surface area contributed by atoms with Crippen LogP contribution in [0.2, 0.25) is 0 Å². The van der Waals surface area contributed by atoms with Crippen LogP contribution in [0.15, 0.2) is 24.3 Å². The number of benzene rings is 1. The zero-order valence-electron chi connectivity index (χ0n) is 15.2. The van der Waals surface area contributed by atoms with Crippen LogP contribution in [0, 0.1) is 5.41 Å². The molecule has 9 heteroatoms. The largest absolute Gasteiger partial charge is 0.465 e. The fraction of sp³-hybridized carbons (Fsp3) is 0.412. The molecule has 1 unspecified atom stereocenters. The van der Waals surface area contributed by atoms with E-state index < -0.39 is 23.8 Å². The smallest absolute Gasteiger partial charge is 0.410 e. The summed E-state index contributed by atoms with van der Waals surface area (Å²) in [5.74, 6) is -0.608. The maximum absolute atomic E-state index is 12.0. The number of rotatable bonds is 5. The van der Waals surface area contributed by atoms with Gasteiger partial charge in [-0.25, -0.2) is 9.59 Å². The third-order valence-corrected chi connectivity index (χ3v) is 3.07. The van der Waals surface area contributed by atoms with Crippen LogP contribution >= 0.6 is 0 Å². The standard InChI is InChI=1S/C17H24N4O5/c1-10(20-16(25)26-17(2,3)4)14(22)19-9-11-5-7-12(8-6-11)13(18)21-15(23)24/h5-8,10H,9H2,1-4H3,(H2,18,21)(H,19,22)(H,20,25)(H,23,24). The maximum Gasteiger partial charge on any atom is 0.410 e. The molecule has 0 aromatic heterocycles. The van der Waals surface area contributed by atoms with Gasteiger partial charge in [-0.1, -0.05) is 24.3 Å². The third-order valence-electron chi connectivity index (χ3n) is 3.07. The number of alkyl carbamates (subject to hydrolysis) is 1. The average molecular weight is 364 g/mol. The van der Waals surface area contributed by atoms with Crippen LogP contribution < -0.4 is 16.0 Å². The van der Waals surface area contributed by atoms with Crippen LogP contribution in [0.25, 0.3) is 0 Å². The monoisotopic (exact) mass is 364 g/mol. The van der Waals surface area contributed by atoms with E-state index in [1.165, 1.54) is 0 Å². The molecule has 5 N–H and O–H groups in total. The first-order valence-corrected chi connectivity index (χ1v) is 7.93. The number of carbonyl (C=O) groups excluding carboxylic acids is 2. The third kappa shape index (κ3) is 7.65. The highest BCUT2D eigenvalue weighted by Gasteiger charge is 2.20. The molecular weight excluding hydrogens is 340 g/mol. The highest BCUT2D eigenvalue weighted by Crippen LogP contribution is 2.07. The Kier molecular flexibility index (Phi) is 7.12. The van der Waals surface area contributed by atoms with Gasteiger partial charge in [-0.05, 0) is 33.3 Å². The first-order valence-electron chi connectivity index (χ1n) is 7.93. The molecule has 1 aromatic rings. The van der Waals surface area contributed by atoms with Crippen LogP contribution in [0.3, 0.4) is 0 Å². The van der Waals surface area contributed by atoms with Crippen molar-refractivity contribution in [3.05, 3.63) is 35.4 Å². The summed E-state index contributed by atoms with van der Waals surface area (Å²) in [6.45, 7) is 6.95. The summed E-state index contributed by atoms with van der Waals surface area (Å²) in [5.41, 5.74) is 0.516. The summed E-state index contributed by atoms with van der Waals surface area (Å²) in [6.07, 6.45) is -1.98. The Bertz CT molecular complexity index is 679. The minimum Gasteiger partial charge on any atom is -0.465 e. The second-order valence-electron chi connectivity index (χ2n) is 6.59. The van der Waals surface area contributed by atoms with Crippen molar-refractivity contribution < 1.29 is 24.2 Å². The number of hydrogen-bond donors (Lipinski definition) is 5. The van der Waals surface area contributed by atoms with E-state index in [1.807, 2.05) is 5.32 Å². The lowest BCUT2D eigenvalue weighted by molar-refractivity contribution is -0.122. The lowest BCUT2D eigenvalue weighted by Crippen LogP contribution is -2.46. The van der Waals surface area contributed by atoms with E-state index in [9.17, 15) is 14.4 Å². The molecule has 0 saturated carbocycles. The molecule has 0 bridgehead atoms. The van der Waals surface area contributed by atoms with Crippen molar-refractivity contribution in [3.8, 4) is 0 Å². The van der Waals surface area contributed by atoms with Crippen molar-refractivity contribution in [1.29, 1.82) is 5.41 Å². The van der Waals surface area contributed by atoms with E-state index in [2.05, 4.69) is 10.6 Å². The van der Waals surface area contributed by atoms with Crippen molar-refractivity contribution in [2.45, 2.75) is 45.9 Å². The predicted molar refractivity (Wildman–Crippen MR) is 95.1 cm³/mol. The number of nitrogens with one attached hydrogen (secondary N) is 4. The Hall–Kier alpha value is -3.10. The Morgan fingerprint density at radius 2 is 1.77 bits per heavy atom. The molecule has 0 spiro atoms. The van der Waals surface area contributed by atoms with Crippen molar-refractivity contribution in [1.82, 2.24) is 16.0 Å². The fourth-order valence-electron chi connectivity index (χ4n) is 1.86. The van der Waals surface area contributed by atoms with Crippen molar-refractivity contribution in [2.24, 2.45) is 0 Å². The van der Waals surface area contributed by atoms with Crippen molar-refractivity contribution in [2.75, 3.05) is 0 Å². The summed E-state index contributed by atoms with van der Waals surface area (Å²) < 4.78 is 5.09. The Morgan fingerprint density at radius 3 is 2.27 bits per heavy atom. The summed E-state index contributed by atoms with van der Waals surface area (Å²) in [5, 5.41) is 23.2. The molecule has 0 saturated heterocycles. The molecule has 142 valence electrons. The summed E-state index contributed by atoms with van der Waals surface area (Å²) >= 11 is 0. The fourth-order valence-corrected chi connectivity index (χ4v) is 1.86. The Balaban J connectivity index is 2.50. The summed E-state index contributed by atoms with van der Waals surface area (Å²) in [6, 6.07) is 5.71. The minimum absolute atomic E-state index is 0.221. The number of amides is 3. The SMILES string of the molecule is CC(NC(=O)OC(C)(C)C)C(=O)NCc1ccc(C(=N)NC(=O)O)cc1.